The molecule has 0 bridgehead atoms. The summed E-state index contributed by atoms with van der Waals surface area (Å²) in [6.45, 7) is 2.08. The summed E-state index contributed by atoms with van der Waals surface area (Å²) < 4.78 is 0. The van der Waals surface area contributed by atoms with E-state index in [2.05, 4.69) is 51.1 Å². The van der Waals surface area contributed by atoms with Crippen LogP contribution in [0.4, 0.5) is 0 Å². The van der Waals surface area contributed by atoms with E-state index in [-0.39, 0.29) is 0 Å². The number of H-pyrrole nitrogens is 1. The minimum Gasteiger partial charge on any atom is -0.326 e. The molecule has 84 valence electrons. The molecule has 2 aromatic heterocycles. The Balaban J connectivity index is 1.92. The highest BCUT2D eigenvalue weighted by atomic mass is 15.0. The van der Waals surface area contributed by atoms with Crippen molar-refractivity contribution in [2.75, 3.05) is 0 Å². The minimum atomic E-state index is 0.788. The van der Waals surface area contributed by atoms with Crippen molar-refractivity contribution in [1.82, 2.24) is 19.9 Å². The number of imidazole rings is 1. The van der Waals surface area contributed by atoms with Crippen LogP contribution in [0.2, 0.25) is 0 Å². The number of rotatable bonds is 2. The van der Waals surface area contributed by atoms with Gasteiger partial charge in [-0.05, 0) is 12.5 Å². The lowest BCUT2D eigenvalue weighted by molar-refractivity contribution is 1.03. The molecule has 0 atom stereocenters. The second-order valence-electron chi connectivity index (χ2n) is 4.10. The monoisotopic (exact) mass is 224 g/mol. The predicted molar refractivity (Wildman–Crippen MR) is 65.7 cm³/mol. The molecule has 0 saturated carbocycles. The molecule has 1 aromatic carbocycles. The molecule has 3 aromatic rings. The van der Waals surface area contributed by atoms with Gasteiger partial charge in [-0.1, -0.05) is 29.8 Å². The average molecular weight is 224 g/mol. The molecule has 0 saturated heterocycles. The minimum absolute atomic E-state index is 0.788. The van der Waals surface area contributed by atoms with Gasteiger partial charge in [-0.3, -0.25) is 0 Å². The number of hydrogen-bond donors (Lipinski definition) is 1. The Morgan fingerprint density at radius 1 is 1.18 bits per heavy atom. The van der Waals surface area contributed by atoms with Crippen LogP contribution in [0.3, 0.4) is 0 Å². The lowest BCUT2D eigenvalue weighted by atomic mass is 10.1. The van der Waals surface area contributed by atoms with Crippen LogP contribution in [-0.4, -0.2) is 19.9 Å². The van der Waals surface area contributed by atoms with Gasteiger partial charge in [0.05, 0.1) is 6.20 Å². The van der Waals surface area contributed by atoms with Crippen molar-refractivity contribution in [3.63, 3.8) is 0 Å². The highest BCUT2D eigenvalue weighted by Gasteiger charge is 2.04. The third-order valence-electron chi connectivity index (χ3n) is 2.70. The van der Waals surface area contributed by atoms with Crippen LogP contribution in [0.5, 0.6) is 0 Å². The van der Waals surface area contributed by atoms with Crippen molar-refractivity contribution in [2.45, 2.75) is 13.3 Å². The molecular formula is C13H12N4. The second-order valence-corrected chi connectivity index (χ2v) is 4.10. The van der Waals surface area contributed by atoms with E-state index in [1.807, 2.05) is 0 Å². The van der Waals surface area contributed by atoms with E-state index in [4.69, 9.17) is 0 Å². The summed E-state index contributed by atoms with van der Waals surface area (Å²) in [5.41, 5.74) is 4.11. The summed E-state index contributed by atoms with van der Waals surface area (Å²) in [6, 6.07) is 8.46. The van der Waals surface area contributed by atoms with Crippen LogP contribution in [0, 0.1) is 6.92 Å². The van der Waals surface area contributed by atoms with E-state index in [0.717, 1.165) is 23.4 Å². The zero-order valence-electron chi connectivity index (χ0n) is 9.51. The van der Waals surface area contributed by atoms with Crippen LogP contribution in [0.25, 0.3) is 11.2 Å². The van der Waals surface area contributed by atoms with E-state index < -0.39 is 0 Å². The molecule has 3 rings (SSSR count). The zero-order chi connectivity index (χ0) is 11.7. The van der Waals surface area contributed by atoms with Crippen molar-refractivity contribution in [3.05, 3.63) is 53.7 Å². The Bertz CT molecular complexity index is 607. The van der Waals surface area contributed by atoms with Crippen molar-refractivity contribution < 1.29 is 0 Å². The fraction of sp³-hybridized carbons (Fsp3) is 0.154. The number of benzene rings is 1. The van der Waals surface area contributed by atoms with Crippen LogP contribution >= 0.6 is 0 Å². The van der Waals surface area contributed by atoms with Gasteiger partial charge in [0.15, 0.2) is 5.65 Å². The molecule has 4 nitrogen and oxygen atoms in total. The number of fused-ring (bicyclic) bond motifs is 1. The first-order valence-corrected chi connectivity index (χ1v) is 5.51. The lowest BCUT2D eigenvalue weighted by Gasteiger charge is -1.98. The van der Waals surface area contributed by atoms with Gasteiger partial charge in [0.25, 0.3) is 0 Å². The summed E-state index contributed by atoms with van der Waals surface area (Å²) in [7, 11) is 0. The van der Waals surface area contributed by atoms with Crippen molar-refractivity contribution >= 4 is 11.2 Å². The predicted octanol–water partition coefficient (Wildman–Crippen LogP) is 2.25. The maximum absolute atomic E-state index is 4.45. The van der Waals surface area contributed by atoms with Crippen LogP contribution < -0.4 is 0 Å². The first kappa shape index (κ1) is 9.96. The average Bonchev–Trinajstić information content (AvgIpc) is 2.74. The third kappa shape index (κ3) is 2.01. The van der Waals surface area contributed by atoms with E-state index in [1.165, 1.54) is 17.5 Å². The quantitative estimate of drug-likeness (QED) is 0.726. The standard InChI is InChI=1S/C13H12N4/c1-9-2-4-10(5-3-9)6-12-16-11-7-14-8-15-13(11)17-12/h2-5,7-8H,6H2,1H3,(H,14,15,16,17). The molecule has 2 heterocycles. The van der Waals surface area contributed by atoms with Crippen molar-refractivity contribution in [1.29, 1.82) is 0 Å². The molecule has 0 aliphatic rings. The fourth-order valence-corrected chi connectivity index (χ4v) is 1.79. The molecular weight excluding hydrogens is 212 g/mol. The van der Waals surface area contributed by atoms with Crippen molar-refractivity contribution in [2.24, 2.45) is 0 Å². The summed E-state index contributed by atoms with van der Waals surface area (Å²) in [4.78, 5) is 15.7. The summed E-state index contributed by atoms with van der Waals surface area (Å²) in [5.74, 6) is 0.921. The molecule has 0 amide bonds. The largest absolute Gasteiger partial charge is 0.326 e. The molecule has 0 aliphatic heterocycles. The van der Waals surface area contributed by atoms with Gasteiger partial charge < -0.3 is 4.98 Å². The van der Waals surface area contributed by atoms with Gasteiger partial charge >= 0.3 is 0 Å². The Morgan fingerprint density at radius 3 is 2.76 bits per heavy atom. The molecule has 0 spiro atoms. The molecule has 4 heteroatoms. The Hall–Kier alpha value is -2.23. The molecule has 0 aliphatic carbocycles. The first-order chi connectivity index (χ1) is 8.31. The Morgan fingerprint density at radius 2 is 2.00 bits per heavy atom. The zero-order valence-corrected chi connectivity index (χ0v) is 9.51. The number of aromatic amines is 1. The Labute approximate surface area is 98.8 Å². The van der Waals surface area contributed by atoms with Gasteiger partial charge in [0.1, 0.15) is 17.7 Å². The van der Waals surface area contributed by atoms with Crippen molar-refractivity contribution in [3.8, 4) is 0 Å². The lowest BCUT2D eigenvalue weighted by Crippen LogP contribution is -1.90. The molecule has 17 heavy (non-hydrogen) atoms. The van der Waals surface area contributed by atoms with Gasteiger partial charge in [0, 0.05) is 6.42 Å². The summed E-state index contributed by atoms with van der Waals surface area (Å²) >= 11 is 0. The molecule has 0 fully saturated rings. The maximum atomic E-state index is 4.45. The summed E-state index contributed by atoms with van der Waals surface area (Å²) in [6.07, 6.45) is 4.03. The molecule has 0 radical (unpaired) electrons. The van der Waals surface area contributed by atoms with E-state index in [1.54, 1.807) is 6.20 Å². The number of nitrogens with zero attached hydrogens (tertiary/aromatic N) is 3. The molecule has 1 N–H and O–H groups in total. The van der Waals surface area contributed by atoms with Crippen LogP contribution in [0.15, 0.2) is 36.8 Å². The Kier molecular flexibility index (Phi) is 2.33. The number of nitrogens with one attached hydrogen (secondary N) is 1. The van der Waals surface area contributed by atoms with Crippen LogP contribution in [-0.2, 0) is 6.42 Å². The van der Waals surface area contributed by atoms with Gasteiger partial charge in [-0.15, -0.1) is 0 Å². The number of aromatic nitrogens is 4. The fourth-order valence-electron chi connectivity index (χ4n) is 1.79. The normalized spacial score (nSPS) is 10.9. The number of aryl methyl sites for hydroxylation is 1. The summed E-state index contributed by atoms with van der Waals surface area (Å²) in [5, 5.41) is 0. The number of hydrogen-bond acceptors (Lipinski definition) is 3. The smallest absolute Gasteiger partial charge is 0.160 e. The third-order valence-corrected chi connectivity index (χ3v) is 2.70. The van der Waals surface area contributed by atoms with Crippen LogP contribution in [0.1, 0.15) is 17.0 Å². The van der Waals surface area contributed by atoms with E-state index in [0.29, 0.717) is 0 Å². The van der Waals surface area contributed by atoms with Gasteiger partial charge in [0.2, 0.25) is 0 Å². The highest BCUT2D eigenvalue weighted by molar-refractivity contribution is 5.68. The highest BCUT2D eigenvalue weighted by Crippen LogP contribution is 2.11. The van der Waals surface area contributed by atoms with E-state index in [9.17, 15) is 0 Å². The van der Waals surface area contributed by atoms with Gasteiger partial charge in [-0.25, -0.2) is 15.0 Å². The van der Waals surface area contributed by atoms with E-state index >= 15 is 0 Å². The van der Waals surface area contributed by atoms with Gasteiger partial charge in [-0.2, -0.15) is 0 Å². The second kappa shape index (κ2) is 3.97. The SMILES string of the molecule is Cc1ccc(Cc2nc3cncnc3[nH]2)cc1. The first-order valence-electron chi connectivity index (χ1n) is 5.51. The molecule has 0 unspecified atom stereocenters. The topological polar surface area (TPSA) is 54.5 Å². The maximum Gasteiger partial charge on any atom is 0.160 e.